The summed E-state index contributed by atoms with van der Waals surface area (Å²) in [4.78, 5) is 41.2. The van der Waals surface area contributed by atoms with Crippen molar-refractivity contribution in [3.63, 3.8) is 0 Å². The number of rotatable bonds is 4. The maximum absolute atomic E-state index is 13.2. The quantitative estimate of drug-likeness (QED) is 0.881. The molecule has 0 bridgehead atoms. The van der Waals surface area contributed by atoms with Crippen molar-refractivity contribution in [1.82, 2.24) is 15.1 Å². The third-order valence-corrected chi connectivity index (χ3v) is 5.71. The van der Waals surface area contributed by atoms with Gasteiger partial charge in [-0.3, -0.25) is 14.4 Å². The van der Waals surface area contributed by atoms with E-state index in [0.29, 0.717) is 18.7 Å². The summed E-state index contributed by atoms with van der Waals surface area (Å²) in [6.45, 7) is 4.40. The summed E-state index contributed by atoms with van der Waals surface area (Å²) in [7, 11) is 0. The Labute approximate surface area is 160 Å². The number of amides is 3. The molecule has 2 heterocycles. The van der Waals surface area contributed by atoms with E-state index in [0.717, 1.165) is 45.2 Å². The Morgan fingerprint density at radius 3 is 2.15 bits per heavy atom. The number of carbonyl (C=O) groups is 3. The van der Waals surface area contributed by atoms with Crippen LogP contribution in [0.4, 0.5) is 0 Å². The zero-order valence-corrected chi connectivity index (χ0v) is 16.0. The van der Waals surface area contributed by atoms with Crippen LogP contribution in [0.5, 0.6) is 0 Å². The van der Waals surface area contributed by atoms with Gasteiger partial charge in [-0.15, -0.1) is 0 Å². The Morgan fingerprint density at radius 2 is 1.56 bits per heavy atom. The Bertz CT molecular complexity index is 663. The number of carbonyl (C=O) groups excluding carboxylic acids is 3. The highest BCUT2D eigenvalue weighted by molar-refractivity contribution is 5.97. The van der Waals surface area contributed by atoms with Gasteiger partial charge in [0.05, 0.1) is 0 Å². The number of nitrogens with one attached hydrogen (secondary N) is 1. The zero-order valence-electron chi connectivity index (χ0n) is 16.0. The van der Waals surface area contributed by atoms with E-state index in [-0.39, 0.29) is 23.6 Å². The molecule has 0 radical (unpaired) electrons. The average Bonchev–Trinajstić information content (AvgIpc) is 2.72. The lowest BCUT2D eigenvalue weighted by molar-refractivity contribution is -0.136. The summed E-state index contributed by atoms with van der Waals surface area (Å²) in [5.41, 5.74) is 0.565. The summed E-state index contributed by atoms with van der Waals surface area (Å²) < 4.78 is 0. The molecule has 0 saturated carbocycles. The van der Waals surface area contributed by atoms with Crippen molar-refractivity contribution in [1.29, 1.82) is 0 Å². The van der Waals surface area contributed by atoms with Crippen LogP contribution in [0.2, 0.25) is 0 Å². The van der Waals surface area contributed by atoms with Gasteiger partial charge >= 0.3 is 0 Å². The van der Waals surface area contributed by atoms with Crippen LogP contribution in [0, 0.1) is 5.92 Å². The van der Waals surface area contributed by atoms with Crippen molar-refractivity contribution in [2.75, 3.05) is 26.2 Å². The molecule has 0 unspecified atom stereocenters. The van der Waals surface area contributed by atoms with E-state index in [1.165, 1.54) is 0 Å². The monoisotopic (exact) mass is 371 g/mol. The average molecular weight is 371 g/mol. The normalized spacial score (nSPS) is 19.4. The molecule has 6 nitrogen and oxygen atoms in total. The molecule has 2 aliphatic rings. The molecule has 2 aliphatic heterocycles. The lowest BCUT2D eigenvalue weighted by atomic mass is 9.87. The minimum atomic E-state index is -0.523. The minimum Gasteiger partial charge on any atom is -0.343 e. The van der Waals surface area contributed by atoms with Gasteiger partial charge in [0.25, 0.3) is 5.91 Å². The molecule has 3 rings (SSSR count). The zero-order chi connectivity index (χ0) is 19.2. The molecule has 146 valence electrons. The van der Waals surface area contributed by atoms with E-state index >= 15 is 0 Å². The standard InChI is InChI=1S/C21H29N3O3/c1-16(25)23-14-10-17(11-15-23)19(21(27)24-12-6-3-7-13-24)22-20(26)18-8-4-2-5-9-18/h2,4-5,8-9,17,19H,3,6-7,10-15H2,1H3,(H,22,26)/t19-/m0/s1. The third-order valence-electron chi connectivity index (χ3n) is 5.71. The van der Waals surface area contributed by atoms with Gasteiger partial charge in [0, 0.05) is 38.7 Å². The fourth-order valence-electron chi connectivity index (χ4n) is 4.05. The highest BCUT2D eigenvalue weighted by Crippen LogP contribution is 2.24. The molecular weight excluding hydrogens is 342 g/mol. The lowest BCUT2D eigenvalue weighted by Crippen LogP contribution is -2.55. The Hall–Kier alpha value is -2.37. The van der Waals surface area contributed by atoms with E-state index in [9.17, 15) is 14.4 Å². The highest BCUT2D eigenvalue weighted by atomic mass is 16.2. The van der Waals surface area contributed by atoms with Gasteiger partial charge in [-0.2, -0.15) is 0 Å². The molecule has 2 saturated heterocycles. The summed E-state index contributed by atoms with van der Waals surface area (Å²) in [5, 5.41) is 3.01. The second-order valence-electron chi connectivity index (χ2n) is 7.55. The van der Waals surface area contributed by atoms with Gasteiger partial charge < -0.3 is 15.1 Å². The summed E-state index contributed by atoms with van der Waals surface area (Å²) in [6.07, 6.45) is 4.67. The van der Waals surface area contributed by atoms with Gasteiger partial charge in [-0.05, 0) is 50.2 Å². The van der Waals surface area contributed by atoms with Crippen LogP contribution < -0.4 is 5.32 Å². The van der Waals surface area contributed by atoms with Crippen LogP contribution >= 0.6 is 0 Å². The fourth-order valence-corrected chi connectivity index (χ4v) is 4.05. The van der Waals surface area contributed by atoms with E-state index in [2.05, 4.69) is 5.32 Å². The summed E-state index contributed by atoms with van der Waals surface area (Å²) in [5.74, 6) is -0.0522. The molecule has 0 spiro atoms. The Kier molecular flexibility index (Phi) is 6.48. The molecule has 0 aliphatic carbocycles. The van der Waals surface area contributed by atoms with E-state index in [4.69, 9.17) is 0 Å². The van der Waals surface area contributed by atoms with E-state index in [1.807, 2.05) is 28.0 Å². The summed E-state index contributed by atoms with van der Waals surface area (Å²) in [6, 6.07) is 8.50. The number of hydrogen-bond donors (Lipinski definition) is 1. The van der Waals surface area contributed by atoms with Gasteiger partial charge in [-0.25, -0.2) is 0 Å². The van der Waals surface area contributed by atoms with E-state index in [1.54, 1.807) is 19.1 Å². The lowest BCUT2D eigenvalue weighted by Gasteiger charge is -2.38. The molecule has 1 aromatic carbocycles. The maximum Gasteiger partial charge on any atom is 0.251 e. The highest BCUT2D eigenvalue weighted by Gasteiger charge is 2.36. The predicted octanol–water partition coefficient (Wildman–Crippen LogP) is 2.06. The molecule has 0 aromatic heterocycles. The Balaban J connectivity index is 1.73. The SMILES string of the molecule is CC(=O)N1CCC([C@H](NC(=O)c2ccccc2)C(=O)N2CCCCC2)CC1. The molecule has 1 aromatic rings. The van der Waals surface area contributed by atoms with Crippen molar-refractivity contribution in [2.45, 2.75) is 45.1 Å². The number of hydrogen-bond acceptors (Lipinski definition) is 3. The van der Waals surface area contributed by atoms with Crippen molar-refractivity contribution in [3.8, 4) is 0 Å². The minimum absolute atomic E-state index is 0.0280. The van der Waals surface area contributed by atoms with Gasteiger partial charge in [-0.1, -0.05) is 18.2 Å². The first kappa shape index (κ1) is 19.4. The number of likely N-dealkylation sites (tertiary alicyclic amines) is 2. The fraction of sp³-hybridized carbons (Fsp3) is 0.571. The van der Waals surface area contributed by atoms with Crippen LogP contribution in [0.15, 0.2) is 30.3 Å². The van der Waals surface area contributed by atoms with Gasteiger partial charge in [0.15, 0.2) is 0 Å². The molecule has 6 heteroatoms. The van der Waals surface area contributed by atoms with Crippen LogP contribution in [0.25, 0.3) is 0 Å². The molecule has 3 amide bonds. The first-order chi connectivity index (χ1) is 13.1. The largest absolute Gasteiger partial charge is 0.343 e. The number of benzene rings is 1. The molecule has 1 N–H and O–H groups in total. The number of piperidine rings is 2. The molecule has 27 heavy (non-hydrogen) atoms. The topological polar surface area (TPSA) is 69.7 Å². The second kappa shape index (κ2) is 9.02. The van der Waals surface area contributed by atoms with Crippen LogP contribution in [-0.2, 0) is 9.59 Å². The second-order valence-corrected chi connectivity index (χ2v) is 7.55. The molecular formula is C21H29N3O3. The van der Waals surface area contributed by atoms with Gasteiger partial charge in [0.1, 0.15) is 6.04 Å². The predicted molar refractivity (Wildman–Crippen MR) is 103 cm³/mol. The summed E-state index contributed by atoms with van der Waals surface area (Å²) >= 11 is 0. The molecule has 2 fully saturated rings. The van der Waals surface area contributed by atoms with Crippen LogP contribution in [-0.4, -0.2) is 59.7 Å². The first-order valence-corrected chi connectivity index (χ1v) is 9.96. The third kappa shape index (κ3) is 4.87. The van der Waals surface area contributed by atoms with E-state index < -0.39 is 6.04 Å². The van der Waals surface area contributed by atoms with Crippen molar-refractivity contribution >= 4 is 17.7 Å². The molecule has 1 atom stereocenters. The Morgan fingerprint density at radius 1 is 0.926 bits per heavy atom. The van der Waals surface area contributed by atoms with Crippen molar-refractivity contribution < 1.29 is 14.4 Å². The van der Waals surface area contributed by atoms with Crippen molar-refractivity contribution in [2.24, 2.45) is 5.92 Å². The number of nitrogens with zero attached hydrogens (tertiary/aromatic N) is 2. The van der Waals surface area contributed by atoms with Crippen molar-refractivity contribution in [3.05, 3.63) is 35.9 Å². The van der Waals surface area contributed by atoms with Crippen LogP contribution in [0.1, 0.15) is 49.4 Å². The van der Waals surface area contributed by atoms with Crippen LogP contribution in [0.3, 0.4) is 0 Å². The maximum atomic E-state index is 13.2. The smallest absolute Gasteiger partial charge is 0.251 e. The first-order valence-electron chi connectivity index (χ1n) is 9.96. The van der Waals surface area contributed by atoms with Gasteiger partial charge in [0.2, 0.25) is 11.8 Å².